The van der Waals surface area contributed by atoms with Gasteiger partial charge in [-0.3, -0.25) is 9.59 Å². The van der Waals surface area contributed by atoms with E-state index in [2.05, 4.69) is 10.6 Å². The zero-order valence-corrected chi connectivity index (χ0v) is 18.8. The fourth-order valence-corrected chi connectivity index (χ4v) is 3.82. The molecule has 0 spiro atoms. The molecule has 0 radical (unpaired) electrons. The van der Waals surface area contributed by atoms with Crippen molar-refractivity contribution in [3.05, 3.63) is 66.1 Å². The van der Waals surface area contributed by atoms with Crippen molar-refractivity contribution in [2.24, 2.45) is 0 Å². The normalized spacial score (nSPS) is 11.3. The first kappa shape index (κ1) is 23.7. The summed E-state index contributed by atoms with van der Waals surface area (Å²) in [5.41, 5.74) is 1.08. The molecule has 172 valence electrons. The second-order valence-corrected chi connectivity index (χ2v) is 7.82. The number of ether oxygens (including phenoxy) is 2. The van der Waals surface area contributed by atoms with Gasteiger partial charge in [0.1, 0.15) is 11.0 Å². The van der Waals surface area contributed by atoms with E-state index in [1.807, 2.05) is 30.3 Å². The molecule has 3 rings (SSSR count). The van der Waals surface area contributed by atoms with E-state index < -0.39 is 36.4 Å². The molecule has 0 aliphatic heterocycles. The van der Waals surface area contributed by atoms with Gasteiger partial charge in [0.15, 0.2) is 12.4 Å². The Hall–Kier alpha value is -3.92. The highest BCUT2D eigenvalue weighted by Crippen LogP contribution is 2.35. The van der Waals surface area contributed by atoms with Crippen LogP contribution in [0.4, 0.5) is 5.00 Å². The second kappa shape index (κ2) is 11.1. The molecule has 9 nitrogen and oxygen atoms in total. The van der Waals surface area contributed by atoms with Crippen LogP contribution in [-0.4, -0.2) is 43.0 Å². The molecule has 33 heavy (non-hydrogen) atoms. The molecule has 2 aromatic heterocycles. The van der Waals surface area contributed by atoms with Gasteiger partial charge in [0.05, 0.1) is 18.4 Å². The third-order valence-electron chi connectivity index (χ3n) is 4.33. The summed E-state index contributed by atoms with van der Waals surface area (Å²) >= 11 is 1.20. The number of hydrogen-bond donors (Lipinski definition) is 2. The number of carbonyl (C=O) groups excluding carboxylic acids is 4. The van der Waals surface area contributed by atoms with Gasteiger partial charge in [-0.2, -0.15) is 0 Å². The summed E-state index contributed by atoms with van der Waals surface area (Å²) in [6, 6.07) is 13.0. The van der Waals surface area contributed by atoms with Crippen LogP contribution in [0.1, 0.15) is 34.8 Å². The maximum absolute atomic E-state index is 12.4. The number of benzene rings is 1. The number of amides is 2. The van der Waals surface area contributed by atoms with Gasteiger partial charge in [-0.25, -0.2) is 9.59 Å². The molecule has 3 aromatic rings. The number of carbonyl (C=O) groups is 4. The maximum atomic E-state index is 12.4. The summed E-state index contributed by atoms with van der Waals surface area (Å²) in [6.45, 7) is 2.69. The standard InChI is InChI=1S/C23H22N2O7S/c1-3-30-23(29)16-12-18(15-8-5-4-6-9-15)33-21(16)25-19(26)13-32-22(28)14(2)24-20(27)17-10-7-11-31-17/h4-12,14H,3,13H2,1-2H3,(H,24,27)(H,25,26). The van der Waals surface area contributed by atoms with E-state index in [0.29, 0.717) is 0 Å². The molecule has 10 heteroatoms. The van der Waals surface area contributed by atoms with Crippen LogP contribution in [-0.2, 0) is 19.1 Å². The average Bonchev–Trinajstić information content (AvgIpc) is 3.49. The van der Waals surface area contributed by atoms with E-state index in [0.717, 1.165) is 10.4 Å². The van der Waals surface area contributed by atoms with Crippen LogP contribution in [0.2, 0.25) is 0 Å². The lowest BCUT2D eigenvalue weighted by atomic mass is 10.1. The Morgan fingerprint density at radius 1 is 1.06 bits per heavy atom. The maximum Gasteiger partial charge on any atom is 0.341 e. The Morgan fingerprint density at radius 3 is 2.48 bits per heavy atom. The van der Waals surface area contributed by atoms with Crippen LogP contribution < -0.4 is 10.6 Å². The SMILES string of the molecule is CCOC(=O)c1cc(-c2ccccc2)sc1NC(=O)COC(=O)C(C)NC(=O)c1ccco1. The van der Waals surface area contributed by atoms with Crippen LogP contribution in [0, 0.1) is 0 Å². The van der Waals surface area contributed by atoms with E-state index in [9.17, 15) is 19.2 Å². The first-order chi connectivity index (χ1) is 15.9. The number of nitrogens with one attached hydrogen (secondary N) is 2. The second-order valence-electron chi connectivity index (χ2n) is 6.77. The summed E-state index contributed by atoms with van der Waals surface area (Å²) in [5.74, 6) is -2.55. The lowest BCUT2D eigenvalue weighted by molar-refractivity contribution is -0.148. The molecule has 1 unspecified atom stereocenters. The lowest BCUT2D eigenvalue weighted by Crippen LogP contribution is -2.40. The molecule has 0 saturated heterocycles. The predicted molar refractivity (Wildman–Crippen MR) is 121 cm³/mol. The molecule has 0 fully saturated rings. The van der Waals surface area contributed by atoms with Crippen LogP contribution in [0.3, 0.4) is 0 Å². The summed E-state index contributed by atoms with van der Waals surface area (Å²) in [7, 11) is 0. The third kappa shape index (κ3) is 6.30. The van der Waals surface area contributed by atoms with Crippen LogP contribution >= 0.6 is 11.3 Å². The molecule has 0 aliphatic carbocycles. The Bertz CT molecular complexity index is 1120. The van der Waals surface area contributed by atoms with E-state index >= 15 is 0 Å². The number of rotatable bonds is 9. The summed E-state index contributed by atoms with van der Waals surface area (Å²) in [6.07, 6.45) is 1.33. The number of hydrogen-bond acceptors (Lipinski definition) is 8. The van der Waals surface area contributed by atoms with Crippen molar-refractivity contribution in [1.82, 2.24) is 5.32 Å². The monoisotopic (exact) mass is 470 g/mol. The van der Waals surface area contributed by atoms with Crippen LogP contribution in [0.15, 0.2) is 59.2 Å². The quantitative estimate of drug-likeness (QED) is 0.459. The Morgan fingerprint density at radius 2 is 1.82 bits per heavy atom. The van der Waals surface area contributed by atoms with Crippen molar-refractivity contribution in [3.8, 4) is 10.4 Å². The van der Waals surface area contributed by atoms with Crippen molar-refractivity contribution in [2.45, 2.75) is 19.9 Å². The molecule has 0 aliphatic rings. The minimum atomic E-state index is -1.00. The molecule has 2 amide bonds. The molecule has 2 heterocycles. The summed E-state index contributed by atoms with van der Waals surface area (Å²) in [4.78, 5) is 49.6. The van der Waals surface area contributed by atoms with Gasteiger partial charge < -0.3 is 24.5 Å². The van der Waals surface area contributed by atoms with Gasteiger partial charge in [-0.15, -0.1) is 11.3 Å². The molecule has 2 N–H and O–H groups in total. The molecule has 0 bridgehead atoms. The average molecular weight is 471 g/mol. The van der Waals surface area contributed by atoms with Gasteiger partial charge in [0.25, 0.3) is 11.8 Å². The number of furan rings is 1. The molecule has 1 aromatic carbocycles. The largest absolute Gasteiger partial charge is 0.462 e. The summed E-state index contributed by atoms with van der Waals surface area (Å²) < 4.78 is 15.0. The predicted octanol–water partition coefficient (Wildman–Crippen LogP) is 3.49. The first-order valence-electron chi connectivity index (χ1n) is 10.1. The van der Waals surface area contributed by atoms with E-state index in [-0.39, 0.29) is 22.9 Å². The number of thiophene rings is 1. The fraction of sp³-hybridized carbons (Fsp3) is 0.217. The Kier molecular flexibility index (Phi) is 7.98. The van der Waals surface area contributed by atoms with Gasteiger partial charge in [0, 0.05) is 4.88 Å². The summed E-state index contributed by atoms with van der Waals surface area (Å²) in [5, 5.41) is 5.30. The van der Waals surface area contributed by atoms with Gasteiger partial charge in [-0.1, -0.05) is 30.3 Å². The zero-order valence-electron chi connectivity index (χ0n) is 18.0. The van der Waals surface area contributed by atoms with Crippen molar-refractivity contribution in [1.29, 1.82) is 0 Å². The highest BCUT2D eigenvalue weighted by Gasteiger charge is 2.22. The van der Waals surface area contributed by atoms with Crippen LogP contribution in [0.25, 0.3) is 10.4 Å². The van der Waals surface area contributed by atoms with E-state index in [4.69, 9.17) is 13.9 Å². The molecular weight excluding hydrogens is 448 g/mol. The van der Waals surface area contributed by atoms with Gasteiger partial charge in [0.2, 0.25) is 0 Å². The highest BCUT2D eigenvalue weighted by molar-refractivity contribution is 7.20. The highest BCUT2D eigenvalue weighted by atomic mass is 32.1. The number of anilines is 1. The van der Waals surface area contributed by atoms with Crippen molar-refractivity contribution >= 4 is 40.1 Å². The zero-order chi connectivity index (χ0) is 23.8. The van der Waals surface area contributed by atoms with E-state index in [1.54, 1.807) is 19.1 Å². The molecule has 1 atom stereocenters. The van der Waals surface area contributed by atoms with Gasteiger partial charge in [-0.05, 0) is 37.6 Å². The Balaban J connectivity index is 1.61. The topological polar surface area (TPSA) is 124 Å². The smallest absolute Gasteiger partial charge is 0.341 e. The van der Waals surface area contributed by atoms with Crippen molar-refractivity contribution in [2.75, 3.05) is 18.5 Å². The third-order valence-corrected chi connectivity index (χ3v) is 5.43. The Labute approximate surface area is 193 Å². The van der Waals surface area contributed by atoms with Gasteiger partial charge >= 0.3 is 11.9 Å². The van der Waals surface area contributed by atoms with Crippen LogP contribution in [0.5, 0.6) is 0 Å². The van der Waals surface area contributed by atoms with Crippen molar-refractivity contribution in [3.63, 3.8) is 0 Å². The number of esters is 2. The first-order valence-corrected chi connectivity index (χ1v) is 10.9. The molecule has 0 saturated carbocycles. The van der Waals surface area contributed by atoms with Crippen molar-refractivity contribution < 1.29 is 33.1 Å². The minimum Gasteiger partial charge on any atom is -0.462 e. The van der Waals surface area contributed by atoms with E-state index in [1.165, 1.54) is 30.6 Å². The lowest BCUT2D eigenvalue weighted by Gasteiger charge is -2.12. The minimum absolute atomic E-state index is 0.0470. The molecular formula is C23H22N2O7S. The fourth-order valence-electron chi connectivity index (χ4n) is 2.75.